The molecule has 0 atom stereocenters. The molecular formula is C27H23F4N5O2. The first-order valence-corrected chi connectivity index (χ1v) is 12.3. The molecular weight excluding hydrogens is 502 g/mol. The summed E-state index contributed by atoms with van der Waals surface area (Å²) in [6.07, 6.45) is 3.29. The van der Waals surface area contributed by atoms with Crippen LogP contribution >= 0.6 is 0 Å². The highest BCUT2D eigenvalue weighted by Gasteiger charge is 2.66. The lowest BCUT2D eigenvalue weighted by atomic mass is 10.0. The van der Waals surface area contributed by atoms with Crippen molar-refractivity contribution >= 4 is 11.7 Å². The Balaban J connectivity index is 1.09. The van der Waals surface area contributed by atoms with Gasteiger partial charge in [-0.3, -0.25) is 4.79 Å². The predicted molar refractivity (Wildman–Crippen MR) is 129 cm³/mol. The van der Waals surface area contributed by atoms with Crippen molar-refractivity contribution in [3.05, 3.63) is 83.1 Å². The summed E-state index contributed by atoms with van der Waals surface area (Å²) in [5, 5.41) is 5.90. The number of amides is 1. The topological polar surface area (TPSA) is 85.8 Å². The largest absolute Gasteiger partial charge is 0.401 e. The van der Waals surface area contributed by atoms with E-state index in [0.29, 0.717) is 23.4 Å². The van der Waals surface area contributed by atoms with Crippen LogP contribution < -0.4 is 5.32 Å². The lowest BCUT2D eigenvalue weighted by Gasteiger charge is -2.14. The molecule has 3 aromatic heterocycles. The Morgan fingerprint density at radius 1 is 1.08 bits per heavy atom. The average Bonchev–Trinajstić information content (AvgIpc) is 3.18. The fourth-order valence-corrected chi connectivity index (χ4v) is 4.99. The molecule has 4 heterocycles. The average molecular weight is 526 g/mol. The van der Waals surface area contributed by atoms with E-state index < -0.39 is 23.3 Å². The van der Waals surface area contributed by atoms with Gasteiger partial charge in [0.25, 0.3) is 0 Å². The van der Waals surface area contributed by atoms with Crippen LogP contribution in [0.15, 0.2) is 53.4 Å². The van der Waals surface area contributed by atoms with Crippen LogP contribution in [0.25, 0.3) is 11.1 Å². The monoisotopic (exact) mass is 525 g/mol. The van der Waals surface area contributed by atoms with Crippen LogP contribution in [0.1, 0.15) is 47.7 Å². The fourth-order valence-electron chi connectivity index (χ4n) is 4.99. The number of carbonyl (C=O) groups excluding carboxylic acids is 1. The number of halogens is 4. The molecule has 6 rings (SSSR count). The number of anilines is 1. The van der Waals surface area contributed by atoms with Gasteiger partial charge in [-0.2, -0.15) is 13.2 Å². The molecule has 0 saturated heterocycles. The Bertz CT molecular complexity index is 1500. The third kappa shape index (κ3) is 4.46. The van der Waals surface area contributed by atoms with Crippen LogP contribution in [0.4, 0.5) is 23.4 Å². The molecule has 38 heavy (non-hydrogen) atoms. The second kappa shape index (κ2) is 9.07. The van der Waals surface area contributed by atoms with Gasteiger partial charge in [0, 0.05) is 48.9 Å². The Kier molecular flexibility index (Phi) is 5.81. The zero-order chi connectivity index (χ0) is 26.5. The smallest absolute Gasteiger partial charge is 0.358 e. The SMILES string of the molecule is O=C(Cc1ccc(-c2cnc(Cc3ccn4c3CCC4)nc2)cc1F)Nc1cc(C2(C(F)(F)F)CC2)on1. The molecule has 2 aliphatic rings. The van der Waals surface area contributed by atoms with Crippen molar-refractivity contribution in [2.75, 3.05) is 5.32 Å². The van der Waals surface area contributed by atoms with E-state index in [-0.39, 0.29) is 36.4 Å². The molecule has 1 N–H and O–H groups in total. The normalized spacial score (nSPS) is 15.9. The maximum atomic E-state index is 14.8. The third-order valence-electron chi connectivity index (χ3n) is 7.32. The summed E-state index contributed by atoms with van der Waals surface area (Å²) >= 11 is 0. The summed E-state index contributed by atoms with van der Waals surface area (Å²) in [6, 6.07) is 7.63. The van der Waals surface area contributed by atoms with Gasteiger partial charge in [0.1, 0.15) is 17.1 Å². The number of benzene rings is 1. The summed E-state index contributed by atoms with van der Waals surface area (Å²) in [6.45, 7) is 1.04. The lowest BCUT2D eigenvalue weighted by molar-refractivity contribution is -0.165. The molecule has 0 radical (unpaired) electrons. The zero-order valence-electron chi connectivity index (χ0n) is 20.2. The molecule has 1 aliphatic heterocycles. The van der Waals surface area contributed by atoms with Crippen molar-refractivity contribution < 1.29 is 26.9 Å². The van der Waals surface area contributed by atoms with E-state index in [4.69, 9.17) is 4.52 Å². The number of hydrogen-bond donors (Lipinski definition) is 1. The minimum absolute atomic E-state index is 0.0838. The standard InChI is InChI=1S/C27H23F4N5O2/c28-20-10-16(19-14-32-23(33-15-19)11-18-5-9-36-8-1-2-21(18)36)3-4-17(20)12-25(37)34-24-13-22(38-35-24)26(6-7-26)27(29,30)31/h3-5,9-10,13-15H,1-2,6-8,11-12H2,(H,34,35,37). The number of aryl methyl sites for hydroxylation is 1. The first kappa shape index (κ1) is 24.3. The van der Waals surface area contributed by atoms with Gasteiger partial charge < -0.3 is 14.4 Å². The number of nitrogens with zero attached hydrogens (tertiary/aromatic N) is 4. The molecule has 7 nitrogen and oxygen atoms in total. The minimum atomic E-state index is -4.45. The molecule has 4 aromatic rings. The Morgan fingerprint density at radius 2 is 1.87 bits per heavy atom. The van der Waals surface area contributed by atoms with E-state index >= 15 is 0 Å². The fraction of sp³-hybridized carbons (Fsp3) is 0.333. The van der Waals surface area contributed by atoms with Gasteiger partial charge >= 0.3 is 6.18 Å². The van der Waals surface area contributed by atoms with Gasteiger partial charge in [-0.05, 0) is 54.5 Å². The van der Waals surface area contributed by atoms with Crippen molar-refractivity contribution in [3.8, 4) is 11.1 Å². The highest BCUT2D eigenvalue weighted by atomic mass is 19.4. The quantitative estimate of drug-likeness (QED) is 0.327. The predicted octanol–water partition coefficient (Wildman–Crippen LogP) is 5.38. The van der Waals surface area contributed by atoms with Crippen LogP contribution in [0.2, 0.25) is 0 Å². The summed E-state index contributed by atoms with van der Waals surface area (Å²) in [7, 11) is 0. The Labute approximate surface area is 214 Å². The first-order chi connectivity index (χ1) is 18.2. The number of rotatable bonds is 7. The summed E-state index contributed by atoms with van der Waals surface area (Å²) < 4.78 is 61.7. The lowest BCUT2D eigenvalue weighted by Crippen LogP contribution is -2.28. The van der Waals surface area contributed by atoms with Crippen molar-refractivity contribution in [2.24, 2.45) is 0 Å². The van der Waals surface area contributed by atoms with Crippen molar-refractivity contribution in [3.63, 3.8) is 0 Å². The molecule has 0 spiro atoms. The van der Waals surface area contributed by atoms with E-state index in [2.05, 4.69) is 37.3 Å². The number of nitrogens with one attached hydrogen (secondary N) is 1. The number of hydrogen-bond acceptors (Lipinski definition) is 5. The highest BCUT2D eigenvalue weighted by molar-refractivity contribution is 5.91. The number of alkyl halides is 3. The van der Waals surface area contributed by atoms with Crippen LogP contribution in [0.3, 0.4) is 0 Å². The van der Waals surface area contributed by atoms with Gasteiger partial charge in [-0.1, -0.05) is 17.3 Å². The van der Waals surface area contributed by atoms with Crippen LogP contribution in [-0.2, 0) is 36.0 Å². The van der Waals surface area contributed by atoms with Crippen LogP contribution in [0.5, 0.6) is 0 Å². The van der Waals surface area contributed by atoms with E-state index in [1.54, 1.807) is 18.5 Å². The molecule has 11 heteroatoms. The first-order valence-electron chi connectivity index (χ1n) is 12.3. The molecule has 0 unspecified atom stereocenters. The molecule has 1 fully saturated rings. The summed E-state index contributed by atoms with van der Waals surface area (Å²) in [4.78, 5) is 21.3. The minimum Gasteiger partial charge on any atom is -0.358 e. The summed E-state index contributed by atoms with van der Waals surface area (Å²) in [5.41, 5.74) is 1.85. The third-order valence-corrected chi connectivity index (χ3v) is 7.32. The molecule has 1 aromatic carbocycles. The van der Waals surface area contributed by atoms with Crippen LogP contribution in [0, 0.1) is 5.82 Å². The second-order valence-corrected chi connectivity index (χ2v) is 9.84. The molecule has 196 valence electrons. The van der Waals surface area contributed by atoms with Crippen molar-refractivity contribution in [1.82, 2.24) is 19.7 Å². The molecule has 1 aliphatic carbocycles. The summed E-state index contributed by atoms with van der Waals surface area (Å²) in [5.74, 6) is -1.01. The van der Waals surface area contributed by atoms with Gasteiger partial charge in [0.05, 0.1) is 6.42 Å². The molecule has 1 saturated carbocycles. The number of fused-ring (bicyclic) bond motifs is 1. The zero-order valence-corrected chi connectivity index (χ0v) is 20.2. The molecule has 1 amide bonds. The second-order valence-electron chi connectivity index (χ2n) is 9.84. The van der Waals surface area contributed by atoms with Gasteiger partial charge in [-0.15, -0.1) is 0 Å². The Morgan fingerprint density at radius 3 is 2.58 bits per heavy atom. The van der Waals surface area contributed by atoms with E-state index in [0.717, 1.165) is 25.5 Å². The van der Waals surface area contributed by atoms with Gasteiger partial charge in [-0.25, -0.2) is 14.4 Å². The maximum absolute atomic E-state index is 14.8. The van der Waals surface area contributed by atoms with Crippen molar-refractivity contribution in [2.45, 2.75) is 56.7 Å². The van der Waals surface area contributed by atoms with E-state index in [1.807, 2.05) is 0 Å². The Hall–Kier alpha value is -4.02. The maximum Gasteiger partial charge on any atom is 0.401 e. The highest BCUT2D eigenvalue weighted by Crippen LogP contribution is 2.59. The number of carbonyl (C=O) groups is 1. The molecule has 0 bridgehead atoms. The van der Waals surface area contributed by atoms with Gasteiger partial charge in [0.15, 0.2) is 11.6 Å². The van der Waals surface area contributed by atoms with E-state index in [1.165, 1.54) is 23.4 Å². The van der Waals surface area contributed by atoms with Crippen LogP contribution in [-0.4, -0.2) is 31.8 Å². The van der Waals surface area contributed by atoms with E-state index in [9.17, 15) is 22.4 Å². The number of aromatic nitrogens is 4. The van der Waals surface area contributed by atoms with Crippen molar-refractivity contribution in [1.29, 1.82) is 0 Å². The van der Waals surface area contributed by atoms with Gasteiger partial charge in [0.2, 0.25) is 5.91 Å².